The smallest absolute Gasteiger partial charge is 0.0594 e. The van der Waals surface area contributed by atoms with E-state index in [0.717, 1.165) is 52.5 Å². The zero-order chi connectivity index (χ0) is 18.5. The predicted octanol–water partition coefficient (Wildman–Crippen LogP) is 3.42. The predicted molar refractivity (Wildman–Crippen MR) is 111 cm³/mol. The van der Waals surface area contributed by atoms with Crippen LogP contribution in [0.3, 0.4) is 0 Å². The molecule has 0 radical (unpaired) electrons. The van der Waals surface area contributed by atoms with E-state index in [1.807, 2.05) is 0 Å². The van der Waals surface area contributed by atoms with Crippen molar-refractivity contribution in [1.82, 2.24) is 14.8 Å². The SMILES string of the molecule is Cc1ccccc1Cn1cc(CNCCN2CCOCC2)c2ccccc21. The number of para-hydroxylation sites is 1. The fraction of sp³-hybridized carbons (Fsp3) is 0.391. The van der Waals surface area contributed by atoms with Crippen LogP contribution in [0, 0.1) is 6.92 Å². The van der Waals surface area contributed by atoms with E-state index in [-0.39, 0.29) is 0 Å². The molecule has 1 fully saturated rings. The minimum Gasteiger partial charge on any atom is -0.379 e. The van der Waals surface area contributed by atoms with Crippen molar-refractivity contribution in [2.24, 2.45) is 0 Å². The van der Waals surface area contributed by atoms with Crippen molar-refractivity contribution in [2.45, 2.75) is 20.0 Å². The average Bonchev–Trinajstić information content (AvgIpc) is 3.06. The Hall–Kier alpha value is -2.14. The third kappa shape index (κ3) is 4.41. The molecule has 4 nitrogen and oxygen atoms in total. The summed E-state index contributed by atoms with van der Waals surface area (Å²) in [5, 5.41) is 4.99. The molecule has 0 spiro atoms. The van der Waals surface area contributed by atoms with Gasteiger partial charge in [0.15, 0.2) is 0 Å². The molecule has 0 atom stereocenters. The van der Waals surface area contributed by atoms with Gasteiger partial charge >= 0.3 is 0 Å². The van der Waals surface area contributed by atoms with Gasteiger partial charge in [-0.3, -0.25) is 4.90 Å². The largest absolute Gasteiger partial charge is 0.379 e. The number of ether oxygens (including phenoxy) is 1. The topological polar surface area (TPSA) is 29.4 Å². The second kappa shape index (κ2) is 8.70. The summed E-state index contributed by atoms with van der Waals surface area (Å²) in [4.78, 5) is 2.47. The first-order valence-corrected chi connectivity index (χ1v) is 9.93. The quantitative estimate of drug-likeness (QED) is 0.652. The van der Waals surface area contributed by atoms with E-state index in [4.69, 9.17) is 4.74 Å². The highest BCUT2D eigenvalue weighted by molar-refractivity contribution is 5.84. The summed E-state index contributed by atoms with van der Waals surface area (Å²) in [7, 11) is 0. The molecule has 0 bridgehead atoms. The van der Waals surface area contributed by atoms with Gasteiger partial charge in [0.05, 0.1) is 13.2 Å². The number of morpholine rings is 1. The zero-order valence-corrected chi connectivity index (χ0v) is 16.2. The molecule has 3 aromatic rings. The Morgan fingerprint density at radius 3 is 2.59 bits per heavy atom. The maximum atomic E-state index is 5.42. The minimum absolute atomic E-state index is 0.867. The summed E-state index contributed by atoms with van der Waals surface area (Å²) < 4.78 is 7.80. The molecule has 1 aromatic heterocycles. The summed E-state index contributed by atoms with van der Waals surface area (Å²) in [6.45, 7) is 9.96. The Kier molecular flexibility index (Phi) is 5.87. The number of nitrogens with zero attached hydrogens (tertiary/aromatic N) is 2. The number of hydrogen-bond acceptors (Lipinski definition) is 3. The van der Waals surface area contributed by atoms with Crippen LogP contribution in [0.1, 0.15) is 16.7 Å². The molecule has 4 rings (SSSR count). The number of aryl methyl sites for hydroxylation is 1. The van der Waals surface area contributed by atoms with E-state index in [1.54, 1.807) is 0 Å². The van der Waals surface area contributed by atoms with Gasteiger partial charge in [0.25, 0.3) is 0 Å². The summed E-state index contributed by atoms with van der Waals surface area (Å²) in [5.41, 5.74) is 5.41. The van der Waals surface area contributed by atoms with Crippen LogP contribution in [0.15, 0.2) is 54.7 Å². The molecular weight excluding hydrogens is 334 g/mol. The van der Waals surface area contributed by atoms with E-state index in [0.29, 0.717) is 0 Å². The lowest BCUT2D eigenvalue weighted by Crippen LogP contribution is -2.40. The maximum absolute atomic E-state index is 5.42. The van der Waals surface area contributed by atoms with Gasteiger partial charge in [0.2, 0.25) is 0 Å². The van der Waals surface area contributed by atoms with Crippen LogP contribution in [-0.4, -0.2) is 48.9 Å². The molecule has 1 aliphatic heterocycles. The Balaban J connectivity index is 1.44. The normalized spacial score (nSPS) is 15.4. The second-order valence-electron chi connectivity index (χ2n) is 7.36. The highest BCUT2D eigenvalue weighted by Crippen LogP contribution is 2.23. The molecule has 2 aromatic carbocycles. The molecule has 1 saturated heterocycles. The number of hydrogen-bond donors (Lipinski definition) is 1. The highest BCUT2D eigenvalue weighted by Gasteiger charge is 2.11. The number of aromatic nitrogens is 1. The van der Waals surface area contributed by atoms with Crippen LogP contribution in [0.5, 0.6) is 0 Å². The Bertz CT molecular complexity index is 880. The molecule has 27 heavy (non-hydrogen) atoms. The average molecular weight is 364 g/mol. The minimum atomic E-state index is 0.867. The number of rotatable bonds is 7. The summed E-state index contributed by atoms with van der Waals surface area (Å²) >= 11 is 0. The van der Waals surface area contributed by atoms with Crippen LogP contribution in [0.25, 0.3) is 10.9 Å². The van der Waals surface area contributed by atoms with Crippen molar-refractivity contribution < 1.29 is 4.74 Å². The highest BCUT2D eigenvalue weighted by atomic mass is 16.5. The molecule has 1 N–H and O–H groups in total. The molecule has 2 heterocycles. The van der Waals surface area contributed by atoms with E-state index >= 15 is 0 Å². The van der Waals surface area contributed by atoms with Crippen LogP contribution in [0.4, 0.5) is 0 Å². The van der Waals surface area contributed by atoms with Crippen LogP contribution >= 0.6 is 0 Å². The van der Waals surface area contributed by atoms with Crippen molar-refractivity contribution in [3.8, 4) is 0 Å². The van der Waals surface area contributed by atoms with Crippen molar-refractivity contribution in [3.05, 3.63) is 71.4 Å². The molecule has 4 heteroatoms. The van der Waals surface area contributed by atoms with Gasteiger partial charge in [0.1, 0.15) is 0 Å². The van der Waals surface area contributed by atoms with Gasteiger partial charge in [-0.15, -0.1) is 0 Å². The lowest BCUT2D eigenvalue weighted by molar-refractivity contribution is 0.0384. The lowest BCUT2D eigenvalue weighted by Gasteiger charge is -2.26. The second-order valence-corrected chi connectivity index (χ2v) is 7.36. The standard InChI is InChI=1S/C23H29N3O/c1-19-6-2-3-7-20(19)17-26-18-21(22-8-4-5-9-23(22)26)16-24-10-11-25-12-14-27-15-13-25/h2-9,18,24H,10-17H2,1H3. The molecule has 142 valence electrons. The van der Waals surface area contributed by atoms with E-state index in [1.165, 1.54) is 27.6 Å². The van der Waals surface area contributed by atoms with Gasteiger partial charge in [-0.05, 0) is 29.7 Å². The van der Waals surface area contributed by atoms with Gasteiger partial charge in [-0.2, -0.15) is 0 Å². The summed E-state index contributed by atoms with van der Waals surface area (Å²) in [6.07, 6.45) is 2.32. The van der Waals surface area contributed by atoms with Gasteiger partial charge in [0, 0.05) is 56.4 Å². The van der Waals surface area contributed by atoms with Crippen molar-refractivity contribution >= 4 is 10.9 Å². The number of benzene rings is 2. The van der Waals surface area contributed by atoms with E-state index in [9.17, 15) is 0 Å². The molecule has 0 unspecified atom stereocenters. The maximum Gasteiger partial charge on any atom is 0.0594 e. The number of fused-ring (bicyclic) bond motifs is 1. The van der Waals surface area contributed by atoms with Gasteiger partial charge in [-0.1, -0.05) is 42.5 Å². The van der Waals surface area contributed by atoms with Crippen molar-refractivity contribution in [2.75, 3.05) is 39.4 Å². The molecule has 0 aliphatic carbocycles. The van der Waals surface area contributed by atoms with Crippen LogP contribution in [-0.2, 0) is 17.8 Å². The lowest BCUT2D eigenvalue weighted by atomic mass is 10.1. The van der Waals surface area contributed by atoms with Gasteiger partial charge < -0.3 is 14.6 Å². The Morgan fingerprint density at radius 1 is 0.963 bits per heavy atom. The first kappa shape index (κ1) is 18.2. The van der Waals surface area contributed by atoms with Crippen LogP contribution in [0.2, 0.25) is 0 Å². The Morgan fingerprint density at radius 2 is 1.74 bits per heavy atom. The fourth-order valence-corrected chi connectivity index (χ4v) is 3.85. The number of nitrogens with one attached hydrogen (secondary N) is 1. The van der Waals surface area contributed by atoms with Gasteiger partial charge in [-0.25, -0.2) is 0 Å². The molecule has 0 saturated carbocycles. The molecule has 0 amide bonds. The first-order valence-electron chi connectivity index (χ1n) is 9.93. The monoisotopic (exact) mass is 363 g/mol. The van der Waals surface area contributed by atoms with E-state index in [2.05, 4.69) is 76.4 Å². The van der Waals surface area contributed by atoms with Crippen molar-refractivity contribution in [3.63, 3.8) is 0 Å². The fourth-order valence-electron chi connectivity index (χ4n) is 3.85. The first-order chi connectivity index (χ1) is 13.3. The molecule has 1 aliphatic rings. The van der Waals surface area contributed by atoms with Crippen LogP contribution < -0.4 is 5.32 Å². The Labute approximate surface area is 161 Å². The third-order valence-corrected chi connectivity index (χ3v) is 5.50. The third-order valence-electron chi connectivity index (χ3n) is 5.50. The van der Waals surface area contributed by atoms with E-state index < -0.39 is 0 Å². The molecular formula is C23H29N3O. The summed E-state index contributed by atoms with van der Waals surface area (Å²) in [5.74, 6) is 0. The van der Waals surface area contributed by atoms with Crippen molar-refractivity contribution in [1.29, 1.82) is 0 Å². The zero-order valence-electron chi connectivity index (χ0n) is 16.2. The summed E-state index contributed by atoms with van der Waals surface area (Å²) in [6, 6.07) is 17.4.